The van der Waals surface area contributed by atoms with Crippen molar-refractivity contribution in [1.29, 1.82) is 0 Å². The number of hydrogen-bond donors (Lipinski definition) is 0. The van der Waals surface area contributed by atoms with Gasteiger partial charge in [0.05, 0.1) is 0 Å². The Balaban J connectivity index is 2.74. The zero-order chi connectivity index (χ0) is 9.68. The van der Waals surface area contributed by atoms with Crippen LogP contribution < -0.4 is 0 Å². The molecule has 1 heterocycles. The Morgan fingerprint density at radius 1 is 1.54 bits per heavy atom. The molecule has 2 heteroatoms. The summed E-state index contributed by atoms with van der Waals surface area (Å²) in [6.07, 6.45) is 8.90. The molecule has 0 aliphatic rings. The minimum absolute atomic E-state index is 0.625. The third-order valence-corrected chi connectivity index (χ3v) is 2.20. The summed E-state index contributed by atoms with van der Waals surface area (Å²) in [7, 11) is 0. The van der Waals surface area contributed by atoms with Gasteiger partial charge in [0.2, 0.25) is 0 Å². The van der Waals surface area contributed by atoms with Gasteiger partial charge >= 0.3 is 0 Å². The van der Waals surface area contributed by atoms with Gasteiger partial charge in [-0.3, -0.25) is 0 Å². The lowest BCUT2D eigenvalue weighted by Gasteiger charge is -2.00. The highest BCUT2D eigenvalue weighted by Gasteiger charge is 1.95. The van der Waals surface area contributed by atoms with Gasteiger partial charge in [-0.1, -0.05) is 32.4 Å². The molecule has 0 aromatic carbocycles. The van der Waals surface area contributed by atoms with Crippen LogP contribution in [-0.2, 0) is 0 Å². The Hall–Kier alpha value is -1.18. The van der Waals surface area contributed by atoms with Gasteiger partial charge in [-0.2, -0.15) is 0 Å². The first-order valence-electron chi connectivity index (χ1n) is 4.68. The SMILES string of the molecule is CCC(C)/C=C\c1cncnc1C. The van der Waals surface area contributed by atoms with Crippen molar-refractivity contribution in [2.24, 2.45) is 5.92 Å². The zero-order valence-corrected chi connectivity index (χ0v) is 8.49. The highest BCUT2D eigenvalue weighted by molar-refractivity contribution is 5.50. The van der Waals surface area contributed by atoms with E-state index >= 15 is 0 Å². The van der Waals surface area contributed by atoms with Gasteiger partial charge in [-0.05, 0) is 12.8 Å². The van der Waals surface area contributed by atoms with E-state index in [4.69, 9.17) is 0 Å². The van der Waals surface area contributed by atoms with Crippen molar-refractivity contribution in [1.82, 2.24) is 9.97 Å². The van der Waals surface area contributed by atoms with Crippen molar-refractivity contribution >= 4 is 6.08 Å². The van der Waals surface area contributed by atoms with Gasteiger partial charge in [0.1, 0.15) is 6.33 Å². The molecule has 70 valence electrons. The van der Waals surface area contributed by atoms with Crippen molar-refractivity contribution < 1.29 is 0 Å². The molecule has 0 N–H and O–H groups in total. The third-order valence-electron chi connectivity index (χ3n) is 2.20. The number of aryl methyl sites for hydroxylation is 1. The van der Waals surface area contributed by atoms with E-state index in [0.29, 0.717) is 5.92 Å². The Morgan fingerprint density at radius 2 is 2.31 bits per heavy atom. The molecule has 1 aromatic heterocycles. The second kappa shape index (κ2) is 4.75. The number of hydrogen-bond acceptors (Lipinski definition) is 2. The lowest BCUT2D eigenvalue weighted by Crippen LogP contribution is -1.89. The summed E-state index contributed by atoms with van der Waals surface area (Å²) in [4.78, 5) is 8.11. The zero-order valence-electron chi connectivity index (χ0n) is 8.49. The summed E-state index contributed by atoms with van der Waals surface area (Å²) in [5.41, 5.74) is 2.15. The molecule has 0 amide bonds. The fraction of sp³-hybridized carbons (Fsp3) is 0.455. The van der Waals surface area contributed by atoms with Crippen LogP contribution in [0.3, 0.4) is 0 Å². The molecule has 0 saturated heterocycles. The van der Waals surface area contributed by atoms with Gasteiger partial charge < -0.3 is 0 Å². The molecule has 0 aliphatic carbocycles. The normalized spacial score (nSPS) is 13.5. The first-order valence-corrected chi connectivity index (χ1v) is 4.68. The van der Waals surface area contributed by atoms with Crippen LogP contribution in [0.4, 0.5) is 0 Å². The summed E-state index contributed by atoms with van der Waals surface area (Å²) >= 11 is 0. The molecule has 0 aliphatic heterocycles. The van der Waals surface area contributed by atoms with Crippen LogP contribution >= 0.6 is 0 Å². The lowest BCUT2D eigenvalue weighted by molar-refractivity contribution is 0.701. The molecule has 0 bridgehead atoms. The van der Waals surface area contributed by atoms with Gasteiger partial charge in [0, 0.05) is 17.5 Å². The molecule has 1 atom stereocenters. The molecule has 1 rings (SSSR count). The van der Waals surface area contributed by atoms with Crippen LogP contribution in [0.5, 0.6) is 0 Å². The third kappa shape index (κ3) is 2.98. The summed E-state index contributed by atoms with van der Waals surface area (Å²) in [6, 6.07) is 0. The molecule has 0 radical (unpaired) electrons. The molecule has 0 fully saturated rings. The second-order valence-electron chi connectivity index (χ2n) is 3.31. The molecule has 0 saturated carbocycles. The summed E-state index contributed by atoms with van der Waals surface area (Å²) in [5, 5.41) is 0. The van der Waals surface area contributed by atoms with Gasteiger partial charge in [0.15, 0.2) is 0 Å². The molecule has 2 nitrogen and oxygen atoms in total. The molecule has 0 spiro atoms. The molecular formula is C11H16N2. The van der Waals surface area contributed by atoms with Crippen molar-refractivity contribution in [3.05, 3.63) is 29.9 Å². The number of aromatic nitrogens is 2. The monoisotopic (exact) mass is 176 g/mol. The average molecular weight is 176 g/mol. The van der Waals surface area contributed by atoms with E-state index in [-0.39, 0.29) is 0 Å². The summed E-state index contributed by atoms with van der Waals surface area (Å²) in [5.74, 6) is 0.625. The van der Waals surface area contributed by atoms with Crippen molar-refractivity contribution in [3.8, 4) is 0 Å². The quantitative estimate of drug-likeness (QED) is 0.707. The van der Waals surface area contributed by atoms with E-state index in [9.17, 15) is 0 Å². The highest BCUT2D eigenvalue weighted by Crippen LogP contribution is 2.08. The summed E-state index contributed by atoms with van der Waals surface area (Å²) < 4.78 is 0. The Bertz CT molecular complexity index is 292. The molecular weight excluding hydrogens is 160 g/mol. The maximum Gasteiger partial charge on any atom is 0.115 e. The van der Waals surface area contributed by atoms with Gasteiger partial charge in [-0.25, -0.2) is 9.97 Å². The van der Waals surface area contributed by atoms with Crippen LogP contribution in [0, 0.1) is 12.8 Å². The van der Waals surface area contributed by atoms with E-state index in [1.165, 1.54) is 6.42 Å². The van der Waals surface area contributed by atoms with E-state index in [1.54, 1.807) is 6.33 Å². The highest BCUT2D eigenvalue weighted by atomic mass is 14.8. The number of rotatable bonds is 3. The maximum absolute atomic E-state index is 4.12. The van der Waals surface area contributed by atoms with Crippen molar-refractivity contribution in [2.45, 2.75) is 27.2 Å². The lowest BCUT2D eigenvalue weighted by atomic mass is 10.1. The largest absolute Gasteiger partial charge is 0.244 e. The predicted molar refractivity (Wildman–Crippen MR) is 55.3 cm³/mol. The van der Waals surface area contributed by atoms with Crippen LogP contribution in [0.1, 0.15) is 31.5 Å². The Morgan fingerprint density at radius 3 is 2.92 bits per heavy atom. The predicted octanol–water partition coefficient (Wildman–Crippen LogP) is 2.84. The van der Waals surface area contributed by atoms with Crippen molar-refractivity contribution in [3.63, 3.8) is 0 Å². The molecule has 1 aromatic rings. The second-order valence-corrected chi connectivity index (χ2v) is 3.31. The fourth-order valence-electron chi connectivity index (χ4n) is 0.969. The van der Waals surface area contributed by atoms with E-state index < -0.39 is 0 Å². The Labute approximate surface area is 79.7 Å². The smallest absolute Gasteiger partial charge is 0.115 e. The van der Waals surface area contributed by atoms with E-state index in [2.05, 4.69) is 36.0 Å². The van der Waals surface area contributed by atoms with Crippen LogP contribution in [0.15, 0.2) is 18.6 Å². The molecule has 13 heavy (non-hydrogen) atoms. The van der Waals surface area contributed by atoms with E-state index in [0.717, 1.165) is 11.3 Å². The fourth-order valence-corrected chi connectivity index (χ4v) is 0.969. The topological polar surface area (TPSA) is 25.8 Å². The maximum atomic E-state index is 4.12. The summed E-state index contributed by atoms with van der Waals surface area (Å²) in [6.45, 7) is 6.39. The minimum atomic E-state index is 0.625. The van der Waals surface area contributed by atoms with Crippen LogP contribution in [-0.4, -0.2) is 9.97 Å². The minimum Gasteiger partial charge on any atom is -0.244 e. The standard InChI is InChI=1S/C11H16N2/c1-4-9(2)5-6-11-7-12-8-13-10(11)3/h5-9H,4H2,1-3H3/b6-5-. The van der Waals surface area contributed by atoms with E-state index in [1.807, 2.05) is 13.1 Å². The molecule has 1 unspecified atom stereocenters. The number of allylic oxidation sites excluding steroid dienone is 1. The Kier molecular flexibility index (Phi) is 3.62. The first kappa shape index (κ1) is 9.90. The van der Waals surface area contributed by atoms with Crippen LogP contribution in [0.2, 0.25) is 0 Å². The number of nitrogens with zero attached hydrogens (tertiary/aromatic N) is 2. The van der Waals surface area contributed by atoms with Crippen LogP contribution in [0.25, 0.3) is 6.08 Å². The van der Waals surface area contributed by atoms with Crippen molar-refractivity contribution in [2.75, 3.05) is 0 Å². The van der Waals surface area contributed by atoms with Gasteiger partial charge in [-0.15, -0.1) is 0 Å². The first-order chi connectivity index (χ1) is 6.24. The average Bonchev–Trinajstić information content (AvgIpc) is 2.16. The van der Waals surface area contributed by atoms with Gasteiger partial charge in [0.25, 0.3) is 0 Å².